The van der Waals surface area contributed by atoms with Gasteiger partial charge >= 0.3 is 5.97 Å². The Hall–Kier alpha value is -1.05. The molecule has 0 aromatic heterocycles. The van der Waals surface area contributed by atoms with Crippen molar-refractivity contribution in [2.24, 2.45) is 44.8 Å². The highest BCUT2D eigenvalue weighted by atomic mass is 16.7. The smallest absolute Gasteiger partial charge is 0.302 e. The molecule has 0 aromatic carbocycles. The number of esters is 1. The molecule has 5 aliphatic carbocycles. The van der Waals surface area contributed by atoms with E-state index in [1.807, 2.05) is 0 Å². The van der Waals surface area contributed by atoms with Crippen LogP contribution >= 0.6 is 0 Å². The van der Waals surface area contributed by atoms with Crippen molar-refractivity contribution in [1.29, 1.82) is 0 Å². The first kappa shape index (κ1) is 43.6. The van der Waals surface area contributed by atoms with E-state index in [1.54, 1.807) is 13.8 Å². The third-order valence-corrected chi connectivity index (χ3v) is 17.9. The Labute approximate surface area is 341 Å². The van der Waals surface area contributed by atoms with Crippen molar-refractivity contribution in [3.63, 3.8) is 0 Å². The fourth-order valence-electron chi connectivity index (χ4n) is 15.2. The van der Waals surface area contributed by atoms with Crippen molar-refractivity contribution in [2.45, 2.75) is 204 Å². The number of hydrogen-bond donors (Lipinski definition) is 8. The first-order chi connectivity index (χ1) is 26.9. The Morgan fingerprint density at radius 3 is 2.10 bits per heavy atom. The van der Waals surface area contributed by atoms with Gasteiger partial charge in [-0.2, -0.15) is 0 Å². The van der Waals surface area contributed by atoms with E-state index < -0.39 is 96.8 Å². The van der Waals surface area contributed by atoms with Gasteiger partial charge in [0.1, 0.15) is 48.8 Å². The molecule has 21 unspecified atom stereocenters. The van der Waals surface area contributed by atoms with Crippen LogP contribution in [0, 0.1) is 44.8 Å². The van der Waals surface area contributed by atoms with E-state index in [1.165, 1.54) is 6.92 Å². The minimum Gasteiger partial charge on any atom is -0.462 e. The lowest BCUT2D eigenvalue weighted by Crippen LogP contribution is -2.65. The summed E-state index contributed by atoms with van der Waals surface area (Å²) in [5.41, 5.74) is -3.42. The highest BCUT2D eigenvalue weighted by molar-refractivity contribution is 5.66. The molecule has 0 aromatic rings. The fourth-order valence-corrected chi connectivity index (χ4v) is 15.2. The maximum Gasteiger partial charge on any atom is 0.302 e. The molecular weight excluding hydrogens is 756 g/mol. The van der Waals surface area contributed by atoms with Gasteiger partial charge in [0.2, 0.25) is 0 Å². The predicted molar refractivity (Wildman–Crippen MR) is 203 cm³/mol. The topological polar surface area (TPSA) is 234 Å². The van der Waals surface area contributed by atoms with Crippen LogP contribution in [0.4, 0.5) is 0 Å². The van der Waals surface area contributed by atoms with E-state index in [2.05, 4.69) is 34.6 Å². The summed E-state index contributed by atoms with van der Waals surface area (Å²) in [6.07, 6.45) is -7.72. The van der Waals surface area contributed by atoms with Gasteiger partial charge in [0, 0.05) is 12.8 Å². The summed E-state index contributed by atoms with van der Waals surface area (Å²) in [6.45, 7) is 15.3. The number of aliphatic hydroxyl groups excluding tert-OH is 7. The van der Waals surface area contributed by atoms with Crippen molar-refractivity contribution in [2.75, 3.05) is 13.2 Å². The second kappa shape index (κ2) is 14.2. The molecule has 0 amide bonds. The summed E-state index contributed by atoms with van der Waals surface area (Å²) in [5.74, 6) is -0.624. The van der Waals surface area contributed by atoms with Crippen molar-refractivity contribution < 1.29 is 74.1 Å². The minimum absolute atomic E-state index is 0.0661. The van der Waals surface area contributed by atoms with E-state index in [-0.39, 0.29) is 58.1 Å². The highest BCUT2D eigenvalue weighted by Crippen LogP contribution is 2.89. The quantitative estimate of drug-likeness (QED) is 0.127. The zero-order chi connectivity index (χ0) is 42.3. The predicted octanol–water partition coefficient (Wildman–Crippen LogP) is 1.29. The lowest BCUT2D eigenvalue weighted by molar-refractivity contribution is -0.339. The van der Waals surface area contributed by atoms with E-state index >= 15 is 0 Å². The summed E-state index contributed by atoms with van der Waals surface area (Å²) in [6, 6.07) is 0. The minimum atomic E-state index is -1.62. The number of hydrogen-bond acceptors (Lipinski definition) is 15. The van der Waals surface area contributed by atoms with Gasteiger partial charge in [-0.25, -0.2) is 0 Å². The third kappa shape index (κ3) is 6.17. The Morgan fingerprint density at radius 1 is 0.776 bits per heavy atom. The second-order valence-electron chi connectivity index (χ2n) is 21.6. The van der Waals surface area contributed by atoms with Crippen LogP contribution in [0.5, 0.6) is 0 Å². The van der Waals surface area contributed by atoms with Gasteiger partial charge in [0.05, 0.1) is 42.7 Å². The van der Waals surface area contributed by atoms with Gasteiger partial charge < -0.3 is 69.3 Å². The number of ether oxygens (including phenoxy) is 6. The van der Waals surface area contributed by atoms with Gasteiger partial charge in [0.25, 0.3) is 0 Å². The van der Waals surface area contributed by atoms with Crippen LogP contribution in [0.2, 0.25) is 0 Å². The number of fused-ring (bicyclic) bond motifs is 2. The molecule has 0 radical (unpaired) electrons. The van der Waals surface area contributed by atoms with Crippen LogP contribution in [-0.2, 0) is 33.2 Å². The molecule has 21 atom stereocenters. The Bertz CT molecular complexity index is 1570. The van der Waals surface area contributed by atoms with Gasteiger partial charge in [-0.1, -0.05) is 27.7 Å². The normalized spacial score (nSPS) is 56.1. The zero-order valence-corrected chi connectivity index (χ0v) is 35.5. The van der Waals surface area contributed by atoms with Crippen molar-refractivity contribution in [1.82, 2.24) is 0 Å². The maximum atomic E-state index is 12.9. The molecule has 15 nitrogen and oxygen atoms in total. The van der Waals surface area contributed by atoms with Gasteiger partial charge in [-0.15, -0.1) is 0 Å². The zero-order valence-electron chi connectivity index (χ0n) is 35.5. The van der Waals surface area contributed by atoms with Gasteiger partial charge in [-0.3, -0.25) is 4.79 Å². The number of aliphatic hydroxyl groups is 8. The lowest BCUT2D eigenvalue weighted by Gasteiger charge is -2.65. The first-order valence-corrected chi connectivity index (χ1v) is 21.8. The van der Waals surface area contributed by atoms with E-state index in [0.29, 0.717) is 32.1 Å². The Morgan fingerprint density at radius 2 is 1.47 bits per heavy atom. The van der Waals surface area contributed by atoms with Crippen LogP contribution in [0.1, 0.15) is 113 Å². The number of carbonyl (C=O) groups excluding carboxylic acids is 1. The second-order valence-corrected chi connectivity index (χ2v) is 21.6. The average molecular weight is 827 g/mol. The van der Waals surface area contributed by atoms with E-state index in [9.17, 15) is 45.6 Å². The summed E-state index contributed by atoms with van der Waals surface area (Å²) < 4.78 is 38.4. The third-order valence-electron chi connectivity index (χ3n) is 17.9. The number of rotatable bonds is 8. The van der Waals surface area contributed by atoms with Crippen LogP contribution in [0.3, 0.4) is 0 Å². The molecule has 3 heterocycles. The molecule has 8 fully saturated rings. The largest absolute Gasteiger partial charge is 0.462 e. The summed E-state index contributed by atoms with van der Waals surface area (Å²) in [5, 5.41) is 85.5. The molecule has 332 valence electrons. The van der Waals surface area contributed by atoms with Gasteiger partial charge in [-0.05, 0) is 117 Å². The average Bonchev–Trinajstić information content (AvgIpc) is 3.49. The fraction of sp³-hybridized carbons (Fsp3) is 0.977. The van der Waals surface area contributed by atoms with Crippen LogP contribution in [0.25, 0.3) is 0 Å². The lowest BCUT2D eigenvalue weighted by atomic mass is 9.41. The van der Waals surface area contributed by atoms with E-state index in [0.717, 1.165) is 25.7 Å². The SMILES string of the molecule is CC(=O)OC1CC2(C)C3CC(OC4OC(CO)C(O)C(O)C4O)C4C(C)(C)C(OC5OCC(O)C(O)C5O)CCC45CC35CCC2(C)C1C1(C)CCC(C(C)(C)O)O1. The molecular formula is C43H70O15. The molecule has 8 aliphatic rings. The van der Waals surface area contributed by atoms with E-state index in [4.69, 9.17) is 28.4 Å². The maximum absolute atomic E-state index is 12.9. The molecule has 15 heteroatoms. The molecule has 0 bridgehead atoms. The van der Waals surface area contributed by atoms with Crippen LogP contribution < -0.4 is 0 Å². The van der Waals surface area contributed by atoms with Crippen molar-refractivity contribution in [3.05, 3.63) is 0 Å². The molecule has 8 rings (SSSR count). The molecule has 2 spiro atoms. The molecule has 3 aliphatic heterocycles. The highest BCUT2D eigenvalue weighted by Gasteiger charge is 2.85. The summed E-state index contributed by atoms with van der Waals surface area (Å²) >= 11 is 0. The van der Waals surface area contributed by atoms with Crippen LogP contribution in [0.15, 0.2) is 0 Å². The molecule has 8 N–H and O–H groups in total. The first-order valence-electron chi connectivity index (χ1n) is 21.8. The molecule has 3 saturated heterocycles. The van der Waals surface area contributed by atoms with Crippen molar-refractivity contribution >= 4 is 5.97 Å². The monoisotopic (exact) mass is 826 g/mol. The Kier molecular flexibility index (Phi) is 10.7. The molecule has 58 heavy (non-hydrogen) atoms. The summed E-state index contributed by atoms with van der Waals surface area (Å²) in [4.78, 5) is 12.9. The standard InChI is InChI=1S/C43H70O15/c1-20(45)54-23-16-40(7)25-15-22(55-36-32(51)30(49)29(48)24(17-44)56-36)33-37(2,3)26(57-35-31(50)28(47)21(46)18-53-35)10-12-43(33)19-42(25,43)14-13-39(40,6)34(23)41(8)11-9-27(58-41)38(4,5)52/h21-36,44,46-52H,9-19H2,1-8H3. The van der Waals surface area contributed by atoms with Gasteiger partial charge in [0.15, 0.2) is 12.6 Å². The molecule has 5 saturated carbocycles. The van der Waals surface area contributed by atoms with Crippen molar-refractivity contribution in [3.8, 4) is 0 Å². The summed E-state index contributed by atoms with van der Waals surface area (Å²) in [7, 11) is 0. The van der Waals surface area contributed by atoms with Crippen LogP contribution in [-0.4, -0.2) is 151 Å². The Balaban J connectivity index is 1.17. The number of carbonyl (C=O) groups is 1.